The van der Waals surface area contributed by atoms with Crippen molar-refractivity contribution in [2.75, 3.05) is 0 Å². The summed E-state index contributed by atoms with van der Waals surface area (Å²) in [5.41, 5.74) is 1.19. The highest BCUT2D eigenvalue weighted by Gasteiger charge is 2.43. The van der Waals surface area contributed by atoms with Gasteiger partial charge in [0, 0.05) is 28.0 Å². The number of aromatic nitrogens is 1. The Morgan fingerprint density at radius 1 is 1.30 bits per heavy atom. The standard InChI is InChI=1S/C17H16BrNO4/c1-17(16(22)23)5-12(10-4-11(18)8-19-7-10)14(9-2-3-9)13(6-17)15(20)21/h4-5,7-9H,2-3,6H2,1H3,(H,20,21)(H,22,23). The smallest absolute Gasteiger partial charge is 0.331 e. The van der Waals surface area contributed by atoms with Crippen LogP contribution in [-0.2, 0) is 9.59 Å². The van der Waals surface area contributed by atoms with Gasteiger partial charge in [-0.1, -0.05) is 6.08 Å². The summed E-state index contributed by atoms with van der Waals surface area (Å²) in [6.45, 7) is 1.56. The molecule has 2 aliphatic carbocycles. The fourth-order valence-electron chi connectivity index (χ4n) is 3.04. The predicted octanol–water partition coefficient (Wildman–Crippen LogP) is 3.51. The number of hydrogen-bond acceptors (Lipinski definition) is 3. The van der Waals surface area contributed by atoms with Crippen LogP contribution < -0.4 is 0 Å². The van der Waals surface area contributed by atoms with E-state index in [1.54, 1.807) is 25.4 Å². The second-order valence-electron chi connectivity index (χ2n) is 6.32. The maximum absolute atomic E-state index is 11.7. The van der Waals surface area contributed by atoms with Gasteiger partial charge in [0.1, 0.15) is 0 Å². The lowest BCUT2D eigenvalue weighted by molar-refractivity contribution is -0.145. The minimum atomic E-state index is -1.23. The highest BCUT2D eigenvalue weighted by atomic mass is 79.9. The van der Waals surface area contributed by atoms with E-state index >= 15 is 0 Å². The van der Waals surface area contributed by atoms with Crippen LogP contribution in [0.4, 0.5) is 0 Å². The van der Waals surface area contributed by atoms with Crippen LogP contribution in [0.3, 0.4) is 0 Å². The summed E-state index contributed by atoms with van der Waals surface area (Å²) in [6.07, 6.45) is 6.87. The molecule has 1 unspecified atom stereocenters. The van der Waals surface area contributed by atoms with Crippen molar-refractivity contribution in [2.45, 2.75) is 26.2 Å². The maximum atomic E-state index is 11.7. The Balaban J connectivity index is 2.22. The van der Waals surface area contributed by atoms with Crippen molar-refractivity contribution in [2.24, 2.45) is 11.3 Å². The summed E-state index contributed by atoms with van der Waals surface area (Å²) in [6, 6.07) is 1.84. The molecule has 0 amide bonds. The monoisotopic (exact) mass is 377 g/mol. The van der Waals surface area contributed by atoms with Gasteiger partial charge in [-0.15, -0.1) is 0 Å². The zero-order chi connectivity index (χ0) is 16.8. The topological polar surface area (TPSA) is 87.5 Å². The number of carboxylic acids is 2. The second-order valence-corrected chi connectivity index (χ2v) is 7.24. The molecule has 0 saturated heterocycles. The van der Waals surface area contributed by atoms with E-state index in [0.717, 1.165) is 28.5 Å². The first-order valence-electron chi connectivity index (χ1n) is 7.36. The number of rotatable bonds is 4. The molecule has 1 aromatic rings. The van der Waals surface area contributed by atoms with Gasteiger partial charge in [-0.3, -0.25) is 9.78 Å². The zero-order valence-electron chi connectivity index (χ0n) is 12.5. The number of nitrogens with zero attached hydrogens (tertiary/aromatic N) is 1. The van der Waals surface area contributed by atoms with Crippen LogP contribution in [0, 0.1) is 11.3 Å². The van der Waals surface area contributed by atoms with Gasteiger partial charge >= 0.3 is 11.9 Å². The van der Waals surface area contributed by atoms with Crippen LogP contribution in [0.2, 0.25) is 0 Å². The first kappa shape index (κ1) is 15.9. The van der Waals surface area contributed by atoms with Crippen LogP contribution in [0.25, 0.3) is 5.57 Å². The minimum Gasteiger partial charge on any atom is -0.481 e. The van der Waals surface area contributed by atoms with Gasteiger partial charge < -0.3 is 10.2 Å². The Kier molecular flexibility index (Phi) is 3.88. The Bertz CT molecular complexity index is 764. The van der Waals surface area contributed by atoms with Crippen LogP contribution >= 0.6 is 15.9 Å². The van der Waals surface area contributed by atoms with Gasteiger partial charge in [0.05, 0.1) is 5.41 Å². The normalized spacial score (nSPS) is 24.3. The van der Waals surface area contributed by atoms with Crippen molar-refractivity contribution in [3.63, 3.8) is 0 Å². The third-order valence-electron chi connectivity index (χ3n) is 4.37. The van der Waals surface area contributed by atoms with Crippen molar-refractivity contribution >= 4 is 33.4 Å². The molecule has 0 bridgehead atoms. The molecule has 1 atom stereocenters. The molecule has 1 fully saturated rings. The Hall–Kier alpha value is -1.95. The van der Waals surface area contributed by atoms with Crippen LogP contribution in [0.15, 0.2) is 40.2 Å². The lowest BCUT2D eigenvalue weighted by atomic mass is 9.72. The van der Waals surface area contributed by atoms with Crippen molar-refractivity contribution in [1.29, 1.82) is 0 Å². The molecule has 0 spiro atoms. The van der Waals surface area contributed by atoms with Gasteiger partial charge in [0.25, 0.3) is 0 Å². The highest BCUT2D eigenvalue weighted by molar-refractivity contribution is 9.10. The molecule has 5 nitrogen and oxygen atoms in total. The van der Waals surface area contributed by atoms with Crippen LogP contribution in [0.5, 0.6) is 0 Å². The lowest BCUT2D eigenvalue weighted by Gasteiger charge is -2.30. The van der Waals surface area contributed by atoms with Gasteiger partial charge in [-0.2, -0.15) is 0 Å². The van der Waals surface area contributed by atoms with E-state index in [-0.39, 0.29) is 17.9 Å². The fraction of sp³-hybridized carbons (Fsp3) is 0.353. The van der Waals surface area contributed by atoms with E-state index in [0.29, 0.717) is 5.57 Å². The Morgan fingerprint density at radius 2 is 2.00 bits per heavy atom. The number of carbonyl (C=O) groups is 2. The highest BCUT2D eigenvalue weighted by Crippen LogP contribution is 2.51. The average Bonchev–Trinajstić information content (AvgIpc) is 3.30. The van der Waals surface area contributed by atoms with E-state index in [1.165, 1.54) is 0 Å². The van der Waals surface area contributed by atoms with E-state index in [9.17, 15) is 19.8 Å². The van der Waals surface area contributed by atoms with Crippen molar-refractivity contribution in [3.05, 3.63) is 45.7 Å². The molecule has 0 aliphatic heterocycles. The molecule has 1 saturated carbocycles. The Morgan fingerprint density at radius 3 is 2.52 bits per heavy atom. The van der Waals surface area contributed by atoms with E-state index < -0.39 is 17.4 Å². The molecule has 120 valence electrons. The molecule has 1 heterocycles. The van der Waals surface area contributed by atoms with Crippen LogP contribution in [0.1, 0.15) is 31.7 Å². The molecular weight excluding hydrogens is 362 g/mol. The lowest BCUT2D eigenvalue weighted by Crippen LogP contribution is -2.31. The largest absolute Gasteiger partial charge is 0.481 e. The minimum absolute atomic E-state index is 0.00836. The maximum Gasteiger partial charge on any atom is 0.331 e. The average molecular weight is 378 g/mol. The first-order valence-corrected chi connectivity index (χ1v) is 8.15. The van der Waals surface area contributed by atoms with E-state index in [4.69, 9.17) is 0 Å². The molecule has 0 aromatic carbocycles. The van der Waals surface area contributed by atoms with Gasteiger partial charge in [-0.05, 0) is 65.2 Å². The third-order valence-corrected chi connectivity index (χ3v) is 4.80. The quantitative estimate of drug-likeness (QED) is 0.837. The SMILES string of the molecule is CC1(C(=O)O)C=C(c2cncc(Br)c2)C(C2CC2)=C(C(=O)O)C1. The number of hydrogen-bond donors (Lipinski definition) is 2. The molecule has 23 heavy (non-hydrogen) atoms. The van der Waals surface area contributed by atoms with Crippen molar-refractivity contribution < 1.29 is 19.8 Å². The molecule has 1 aromatic heterocycles. The molecule has 2 N–H and O–H groups in total. The van der Waals surface area contributed by atoms with E-state index in [2.05, 4.69) is 20.9 Å². The fourth-order valence-corrected chi connectivity index (χ4v) is 3.40. The van der Waals surface area contributed by atoms with Crippen molar-refractivity contribution in [1.82, 2.24) is 4.98 Å². The summed E-state index contributed by atoms with van der Waals surface area (Å²) in [5.74, 6) is -1.86. The molecule has 0 radical (unpaired) electrons. The zero-order valence-corrected chi connectivity index (χ0v) is 14.1. The van der Waals surface area contributed by atoms with E-state index in [1.807, 2.05) is 6.07 Å². The number of pyridine rings is 1. The summed E-state index contributed by atoms with van der Waals surface area (Å²) in [4.78, 5) is 27.6. The summed E-state index contributed by atoms with van der Waals surface area (Å²) in [7, 11) is 0. The van der Waals surface area contributed by atoms with Crippen LogP contribution in [-0.4, -0.2) is 27.1 Å². The summed E-state index contributed by atoms with van der Waals surface area (Å²) in [5, 5.41) is 19.2. The number of aliphatic carboxylic acids is 2. The number of carboxylic acid groups (broad SMARTS) is 2. The number of halogens is 1. The summed E-state index contributed by atoms with van der Waals surface area (Å²) >= 11 is 3.36. The molecule has 3 rings (SSSR count). The van der Waals surface area contributed by atoms with Gasteiger partial charge in [0.2, 0.25) is 0 Å². The van der Waals surface area contributed by atoms with Gasteiger partial charge in [-0.25, -0.2) is 4.79 Å². The molecule has 2 aliphatic rings. The molecular formula is C17H16BrNO4. The van der Waals surface area contributed by atoms with Gasteiger partial charge in [0.15, 0.2) is 0 Å². The molecule has 6 heteroatoms. The Labute approximate surface area is 141 Å². The van der Waals surface area contributed by atoms with Crippen molar-refractivity contribution in [3.8, 4) is 0 Å². The second kappa shape index (κ2) is 5.60. The number of allylic oxidation sites excluding steroid dienone is 2. The first-order chi connectivity index (χ1) is 10.8. The summed E-state index contributed by atoms with van der Waals surface area (Å²) < 4.78 is 0.769. The third kappa shape index (κ3) is 2.95. The predicted molar refractivity (Wildman–Crippen MR) is 87.7 cm³/mol.